The molecule has 1 saturated carbocycles. The Morgan fingerprint density at radius 3 is 2.63 bits per heavy atom. The molecule has 0 radical (unpaired) electrons. The fourth-order valence-electron chi connectivity index (χ4n) is 3.27. The molecule has 1 N–H and O–H groups in total. The van der Waals surface area contributed by atoms with Crippen molar-refractivity contribution in [2.24, 2.45) is 5.92 Å². The molecule has 4 nitrogen and oxygen atoms in total. The number of rotatable bonds is 5. The van der Waals surface area contributed by atoms with E-state index in [4.69, 9.17) is 4.74 Å². The van der Waals surface area contributed by atoms with E-state index in [1.54, 1.807) is 7.11 Å². The third-order valence-electron chi connectivity index (χ3n) is 5.21. The van der Waals surface area contributed by atoms with Crippen molar-refractivity contribution < 1.29 is 9.53 Å². The Morgan fingerprint density at radius 1 is 1.15 bits per heavy atom. The number of carbonyl (C=O) groups is 1. The molecular formula is C22H22N2O2S. The maximum atomic E-state index is 12.6. The van der Waals surface area contributed by atoms with Crippen LogP contribution < -0.4 is 10.1 Å². The molecule has 27 heavy (non-hydrogen) atoms. The highest BCUT2D eigenvalue weighted by Crippen LogP contribution is 2.48. The fraction of sp³-hybridized carbons (Fsp3) is 0.273. The summed E-state index contributed by atoms with van der Waals surface area (Å²) in [5.41, 5.74) is 5.68. The molecule has 1 fully saturated rings. The number of nitrogens with one attached hydrogen (secondary N) is 1. The van der Waals surface area contributed by atoms with E-state index in [9.17, 15) is 4.79 Å². The van der Waals surface area contributed by atoms with E-state index < -0.39 is 0 Å². The summed E-state index contributed by atoms with van der Waals surface area (Å²) >= 11 is 1.47. The molecule has 2 unspecified atom stereocenters. The molecule has 1 aliphatic carbocycles. The lowest BCUT2D eigenvalue weighted by Gasteiger charge is -2.04. The zero-order valence-electron chi connectivity index (χ0n) is 15.7. The predicted octanol–water partition coefficient (Wildman–Crippen LogP) is 5.18. The van der Waals surface area contributed by atoms with Crippen molar-refractivity contribution in [3.8, 4) is 17.0 Å². The number of benzene rings is 2. The monoisotopic (exact) mass is 378 g/mol. The summed E-state index contributed by atoms with van der Waals surface area (Å²) in [4.78, 5) is 17.1. The number of nitrogens with zero attached hydrogens (tertiary/aromatic N) is 1. The van der Waals surface area contributed by atoms with E-state index in [1.165, 1.54) is 28.0 Å². The maximum Gasteiger partial charge on any atom is 0.229 e. The van der Waals surface area contributed by atoms with E-state index in [1.807, 2.05) is 29.6 Å². The van der Waals surface area contributed by atoms with Gasteiger partial charge in [0.05, 0.1) is 12.8 Å². The molecule has 1 heterocycles. The van der Waals surface area contributed by atoms with Crippen LogP contribution in [0.15, 0.2) is 47.8 Å². The molecule has 138 valence electrons. The topological polar surface area (TPSA) is 51.2 Å². The van der Waals surface area contributed by atoms with Crippen LogP contribution in [0.2, 0.25) is 0 Å². The Bertz CT molecular complexity index is 978. The summed E-state index contributed by atoms with van der Waals surface area (Å²) < 4.78 is 5.19. The zero-order valence-corrected chi connectivity index (χ0v) is 16.5. The molecule has 3 aromatic rings. The van der Waals surface area contributed by atoms with Gasteiger partial charge in [0.2, 0.25) is 5.91 Å². The van der Waals surface area contributed by atoms with Gasteiger partial charge < -0.3 is 10.1 Å². The lowest BCUT2D eigenvalue weighted by atomic mass is 10.1. The van der Waals surface area contributed by atoms with Gasteiger partial charge in [0.25, 0.3) is 0 Å². The van der Waals surface area contributed by atoms with E-state index in [0.29, 0.717) is 5.13 Å². The van der Waals surface area contributed by atoms with Crippen molar-refractivity contribution in [3.05, 3.63) is 64.5 Å². The van der Waals surface area contributed by atoms with Crippen molar-refractivity contribution >= 4 is 22.4 Å². The van der Waals surface area contributed by atoms with Crippen LogP contribution in [-0.4, -0.2) is 18.0 Å². The molecule has 1 aromatic heterocycles. The average Bonchev–Trinajstić information content (AvgIpc) is 3.36. The Morgan fingerprint density at radius 2 is 1.93 bits per heavy atom. The van der Waals surface area contributed by atoms with Crippen LogP contribution in [0.4, 0.5) is 5.13 Å². The Balaban J connectivity index is 1.40. The normalized spacial score (nSPS) is 18.2. The Kier molecular flexibility index (Phi) is 4.70. The highest BCUT2D eigenvalue weighted by Gasteiger charge is 2.44. The number of hydrogen-bond acceptors (Lipinski definition) is 4. The number of anilines is 1. The molecule has 2 aromatic carbocycles. The van der Waals surface area contributed by atoms with Gasteiger partial charge in [-0.3, -0.25) is 4.79 Å². The first kappa shape index (κ1) is 17.7. The van der Waals surface area contributed by atoms with Gasteiger partial charge in [-0.1, -0.05) is 24.3 Å². The van der Waals surface area contributed by atoms with Gasteiger partial charge in [-0.05, 0) is 61.1 Å². The fourth-order valence-corrected chi connectivity index (χ4v) is 3.99. The predicted molar refractivity (Wildman–Crippen MR) is 109 cm³/mol. The molecule has 0 saturated heterocycles. The summed E-state index contributed by atoms with van der Waals surface area (Å²) in [6, 6.07) is 14.3. The van der Waals surface area contributed by atoms with E-state index in [0.717, 1.165) is 23.4 Å². The highest BCUT2D eigenvalue weighted by atomic mass is 32.1. The SMILES string of the molecule is COc1ccc(C2CC2C(=O)Nc2nc(-c3ccc(C)c(C)c3)cs2)cc1. The molecule has 0 spiro atoms. The number of thiazole rings is 1. The van der Waals surface area contributed by atoms with E-state index >= 15 is 0 Å². The minimum Gasteiger partial charge on any atom is -0.497 e. The molecule has 0 bridgehead atoms. The quantitative estimate of drug-likeness (QED) is 0.666. The molecule has 0 aliphatic heterocycles. The highest BCUT2D eigenvalue weighted by molar-refractivity contribution is 7.14. The number of aromatic nitrogens is 1. The number of ether oxygens (including phenoxy) is 1. The average molecular weight is 378 g/mol. The standard InChI is InChI=1S/C22H22N2O2S/c1-13-4-5-16(10-14(13)2)20-12-27-22(23-20)24-21(25)19-11-18(19)15-6-8-17(26-3)9-7-15/h4-10,12,18-19H,11H2,1-3H3,(H,23,24,25). The minimum absolute atomic E-state index is 0.0207. The second-order valence-electron chi connectivity index (χ2n) is 7.05. The van der Waals surface area contributed by atoms with Gasteiger partial charge >= 0.3 is 0 Å². The van der Waals surface area contributed by atoms with Gasteiger partial charge in [-0.25, -0.2) is 4.98 Å². The molecular weight excluding hydrogens is 356 g/mol. The molecule has 1 amide bonds. The lowest BCUT2D eigenvalue weighted by molar-refractivity contribution is -0.117. The maximum absolute atomic E-state index is 12.6. The van der Waals surface area contributed by atoms with Gasteiger partial charge in [-0.15, -0.1) is 11.3 Å². The van der Waals surface area contributed by atoms with Crippen molar-refractivity contribution in [3.63, 3.8) is 0 Å². The first-order valence-electron chi connectivity index (χ1n) is 9.03. The van der Waals surface area contributed by atoms with Crippen molar-refractivity contribution in [2.75, 3.05) is 12.4 Å². The summed E-state index contributed by atoms with van der Waals surface area (Å²) in [7, 11) is 1.66. The van der Waals surface area contributed by atoms with Crippen molar-refractivity contribution in [2.45, 2.75) is 26.2 Å². The second-order valence-corrected chi connectivity index (χ2v) is 7.91. The van der Waals surface area contributed by atoms with Crippen LogP contribution in [-0.2, 0) is 4.79 Å². The van der Waals surface area contributed by atoms with Gasteiger partial charge in [-0.2, -0.15) is 0 Å². The Hall–Kier alpha value is -2.66. The first-order valence-corrected chi connectivity index (χ1v) is 9.91. The van der Waals surface area contributed by atoms with Gasteiger partial charge in [0.1, 0.15) is 5.75 Å². The Labute approximate surface area is 163 Å². The van der Waals surface area contributed by atoms with Crippen LogP contribution in [0, 0.1) is 19.8 Å². The van der Waals surface area contributed by atoms with Crippen molar-refractivity contribution in [1.82, 2.24) is 4.98 Å². The van der Waals surface area contributed by atoms with E-state index in [2.05, 4.69) is 42.3 Å². The second kappa shape index (κ2) is 7.16. The summed E-state index contributed by atoms with van der Waals surface area (Å²) in [6.07, 6.45) is 0.882. The number of aryl methyl sites for hydroxylation is 2. The largest absolute Gasteiger partial charge is 0.497 e. The zero-order chi connectivity index (χ0) is 19.0. The summed E-state index contributed by atoms with van der Waals surface area (Å²) in [6.45, 7) is 4.20. The van der Waals surface area contributed by atoms with E-state index in [-0.39, 0.29) is 17.7 Å². The van der Waals surface area contributed by atoms with Gasteiger partial charge in [0, 0.05) is 16.9 Å². The third kappa shape index (κ3) is 3.74. The van der Waals surface area contributed by atoms with Crippen LogP contribution in [0.1, 0.15) is 29.0 Å². The van der Waals surface area contributed by atoms with Crippen LogP contribution >= 0.6 is 11.3 Å². The molecule has 2 atom stereocenters. The molecule has 4 rings (SSSR count). The van der Waals surface area contributed by atoms with Crippen molar-refractivity contribution in [1.29, 1.82) is 0 Å². The first-order chi connectivity index (χ1) is 13.0. The number of hydrogen-bond donors (Lipinski definition) is 1. The number of amides is 1. The smallest absolute Gasteiger partial charge is 0.229 e. The number of carbonyl (C=O) groups excluding carboxylic acids is 1. The number of methoxy groups -OCH3 is 1. The molecule has 5 heteroatoms. The third-order valence-corrected chi connectivity index (χ3v) is 5.97. The lowest BCUT2D eigenvalue weighted by Crippen LogP contribution is -2.14. The van der Waals surface area contributed by atoms with Crippen LogP contribution in [0.3, 0.4) is 0 Å². The minimum atomic E-state index is 0.0207. The summed E-state index contributed by atoms with van der Waals surface area (Å²) in [5.74, 6) is 1.20. The molecule has 1 aliphatic rings. The van der Waals surface area contributed by atoms with Crippen LogP contribution in [0.5, 0.6) is 5.75 Å². The van der Waals surface area contributed by atoms with Gasteiger partial charge in [0.15, 0.2) is 5.13 Å². The summed E-state index contributed by atoms with van der Waals surface area (Å²) in [5, 5.41) is 5.64. The van der Waals surface area contributed by atoms with Crippen LogP contribution in [0.25, 0.3) is 11.3 Å².